The standard InChI is InChI=1S/C34H38BN3O4S/c1-32(2,3)40-31(39)38-16-8-9-27(38)30-36-25-15-11-20(17-26(25)37-30)21-10-13-23-24-14-12-22(19-29(24)43-28(23)18-21)35-41-33(4,5)34(6,7)42-35/h10-15,17-19,27H,8-9,16H2,1-7H3,(H,36,37)/t27-/m0/s1. The van der Waals surface area contributed by atoms with E-state index in [-0.39, 0.29) is 30.5 Å². The van der Waals surface area contributed by atoms with E-state index < -0.39 is 5.60 Å². The lowest BCUT2D eigenvalue weighted by Gasteiger charge is -2.32. The maximum Gasteiger partial charge on any atom is 0.494 e. The van der Waals surface area contributed by atoms with Crippen molar-refractivity contribution in [2.75, 3.05) is 6.54 Å². The number of aromatic nitrogens is 2. The summed E-state index contributed by atoms with van der Waals surface area (Å²) < 4.78 is 20.7. The maximum absolute atomic E-state index is 12.9. The van der Waals surface area contributed by atoms with Crippen LogP contribution in [0.3, 0.4) is 0 Å². The molecule has 2 aromatic heterocycles. The van der Waals surface area contributed by atoms with Crippen LogP contribution in [0.1, 0.15) is 73.2 Å². The molecule has 0 unspecified atom stereocenters. The predicted octanol–water partition coefficient (Wildman–Crippen LogP) is 7.97. The van der Waals surface area contributed by atoms with E-state index in [0.29, 0.717) is 6.54 Å². The van der Waals surface area contributed by atoms with E-state index >= 15 is 0 Å². The highest BCUT2D eigenvalue weighted by atomic mass is 32.1. The molecule has 43 heavy (non-hydrogen) atoms. The fourth-order valence-corrected chi connectivity index (χ4v) is 7.25. The largest absolute Gasteiger partial charge is 0.494 e. The molecule has 2 aliphatic rings. The van der Waals surface area contributed by atoms with E-state index in [0.717, 1.165) is 46.3 Å². The molecule has 1 amide bonds. The average Bonchev–Trinajstić information content (AvgIpc) is 3.69. The summed E-state index contributed by atoms with van der Waals surface area (Å²) in [5.74, 6) is 0.813. The van der Waals surface area contributed by atoms with Gasteiger partial charge in [0.25, 0.3) is 0 Å². The molecule has 222 valence electrons. The fraction of sp³-hybridized carbons (Fsp3) is 0.412. The molecule has 2 saturated heterocycles. The van der Waals surface area contributed by atoms with Crippen LogP contribution in [0.25, 0.3) is 42.3 Å². The predicted molar refractivity (Wildman–Crippen MR) is 175 cm³/mol. The molecule has 3 aromatic carbocycles. The van der Waals surface area contributed by atoms with E-state index in [2.05, 4.69) is 87.3 Å². The molecule has 4 heterocycles. The highest BCUT2D eigenvalue weighted by molar-refractivity contribution is 7.26. The third-order valence-corrected chi connectivity index (χ3v) is 10.2. The van der Waals surface area contributed by atoms with Crippen LogP contribution in [0.15, 0.2) is 54.6 Å². The Hall–Kier alpha value is -3.40. The number of aromatic amines is 1. The Morgan fingerprint density at radius 3 is 2.35 bits per heavy atom. The van der Waals surface area contributed by atoms with Gasteiger partial charge in [-0.1, -0.05) is 30.3 Å². The second-order valence-electron chi connectivity index (χ2n) is 13.8. The molecule has 1 atom stereocenters. The second-order valence-corrected chi connectivity index (χ2v) is 14.9. The summed E-state index contributed by atoms with van der Waals surface area (Å²) in [4.78, 5) is 23.1. The van der Waals surface area contributed by atoms with Crippen LogP contribution in [0, 0.1) is 0 Å². The zero-order valence-corrected chi connectivity index (χ0v) is 26.7. The van der Waals surface area contributed by atoms with Gasteiger partial charge in [-0.15, -0.1) is 11.3 Å². The van der Waals surface area contributed by atoms with E-state index in [1.54, 1.807) is 16.2 Å². The van der Waals surface area contributed by atoms with Crippen LogP contribution < -0.4 is 5.46 Å². The molecule has 0 saturated carbocycles. The number of amides is 1. The normalized spacial score (nSPS) is 20.1. The molecule has 0 spiro atoms. The topological polar surface area (TPSA) is 76.7 Å². The van der Waals surface area contributed by atoms with Crippen molar-refractivity contribution >= 4 is 61.2 Å². The Kier molecular flexibility index (Phi) is 6.47. The van der Waals surface area contributed by atoms with Crippen LogP contribution in [-0.4, -0.2) is 51.4 Å². The first-order chi connectivity index (χ1) is 20.3. The second kappa shape index (κ2) is 9.81. The minimum absolute atomic E-state index is 0.109. The molecule has 0 aliphatic carbocycles. The van der Waals surface area contributed by atoms with Crippen molar-refractivity contribution < 1.29 is 18.8 Å². The first kappa shape index (κ1) is 28.4. The van der Waals surface area contributed by atoms with Crippen molar-refractivity contribution in [1.29, 1.82) is 0 Å². The van der Waals surface area contributed by atoms with Gasteiger partial charge in [-0.3, -0.25) is 4.90 Å². The molecular weight excluding hydrogens is 557 g/mol. The Morgan fingerprint density at radius 2 is 1.63 bits per heavy atom. The van der Waals surface area contributed by atoms with Gasteiger partial charge in [-0.25, -0.2) is 9.78 Å². The van der Waals surface area contributed by atoms with Gasteiger partial charge in [0.15, 0.2) is 0 Å². The van der Waals surface area contributed by atoms with Gasteiger partial charge in [-0.05, 0) is 102 Å². The summed E-state index contributed by atoms with van der Waals surface area (Å²) in [6, 6.07) is 19.4. The first-order valence-electron chi connectivity index (χ1n) is 15.1. The molecule has 5 aromatic rings. The minimum Gasteiger partial charge on any atom is -0.444 e. The van der Waals surface area contributed by atoms with Crippen LogP contribution in [-0.2, 0) is 14.0 Å². The molecule has 7 rings (SSSR count). The third-order valence-electron chi connectivity index (χ3n) is 9.05. The number of benzene rings is 3. The van der Waals surface area contributed by atoms with Gasteiger partial charge in [0.1, 0.15) is 11.4 Å². The quantitative estimate of drug-likeness (QED) is 0.214. The van der Waals surface area contributed by atoms with Gasteiger partial charge in [0, 0.05) is 26.7 Å². The first-order valence-corrected chi connectivity index (χ1v) is 15.9. The number of imidazole rings is 1. The summed E-state index contributed by atoms with van der Waals surface area (Å²) >= 11 is 1.79. The molecule has 2 aliphatic heterocycles. The highest BCUT2D eigenvalue weighted by Crippen LogP contribution is 2.39. The number of rotatable bonds is 3. The van der Waals surface area contributed by atoms with Gasteiger partial charge < -0.3 is 19.0 Å². The zero-order valence-electron chi connectivity index (χ0n) is 25.9. The smallest absolute Gasteiger partial charge is 0.444 e. The minimum atomic E-state index is -0.530. The van der Waals surface area contributed by atoms with E-state index in [1.807, 2.05) is 20.8 Å². The lowest BCUT2D eigenvalue weighted by molar-refractivity contribution is 0.00578. The molecule has 7 nitrogen and oxygen atoms in total. The maximum atomic E-state index is 12.9. The number of nitrogens with zero attached hydrogens (tertiary/aromatic N) is 2. The number of thiophene rings is 1. The van der Waals surface area contributed by atoms with Crippen molar-refractivity contribution in [2.45, 2.75) is 84.2 Å². The van der Waals surface area contributed by atoms with Gasteiger partial charge in [0.05, 0.1) is 28.3 Å². The van der Waals surface area contributed by atoms with Crippen molar-refractivity contribution in [3.05, 3.63) is 60.4 Å². The third kappa shape index (κ3) is 5.01. The Balaban J connectivity index is 1.17. The SMILES string of the molecule is CC(C)(C)OC(=O)N1CCC[C@H]1c1nc2ccc(-c3ccc4c(c3)sc3cc(B5OC(C)(C)C(C)(C)O5)ccc34)cc2[nH]1. The fourth-order valence-electron chi connectivity index (χ4n) is 6.06. The lowest BCUT2D eigenvalue weighted by atomic mass is 9.79. The number of H-pyrrole nitrogens is 1. The van der Waals surface area contributed by atoms with Crippen LogP contribution in [0.2, 0.25) is 0 Å². The average molecular weight is 596 g/mol. The summed E-state index contributed by atoms with van der Waals surface area (Å²) in [6.45, 7) is 14.7. The summed E-state index contributed by atoms with van der Waals surface area (Å²) in [5.41, 5.74) is 3.92. The molecule has 0 bridgehead atoms. The van der Waals surface area contributed by atoms with Gasteiger partial charge in [0.2, 0.25) is 0 Å². The molecular formula is C34H38BN3O4S. The van der Waals surface area contributed by atoms with E-state index in [9.17, 15) is 4.79 Å². The van der Waals surface area contributed by atoms with Gasteiger partial charge in [-0.2, -0.15) is 0 Å². The molecule has 9 heteroatoms. The summed E-state index contributed by atoms with van der Waals surface area (Å²) in [7, 11) is -0.373. The summed E-state index contributed by atoms with van der Waals surface area (Å²) in [5, 5.41) is 2.49. The number of hydrogen-bond acceptors (Lipinski definition) is 6. The van der Waals surface area contributed by atoms with Crippen LogP contribution in [0.5, 0.6) is 0 Å². The number of hydrogen-bond donors (Lipinski definition) is 1. The molecule has 2 fully saturated rings. The van der Waals surface area contributed by atoms with E-state index in [4.69, 9.17) is 19.0 Å². The Morgan fingerprint density at radius 1 is 0.977 bits per heavy atom. The number of fused-ring (bicyclic) bond motifs is 4. The Labute approximate surface area is 256 Å². The van der Waals surface area contributed by atoms with Crippen molar-refractivity contribution in [3.63, 3.8) is 0 Å². The van der Waals surface area contributed by atoms with Crippen molar-refractivity contribution in [1.82, 2.24) is 14.9 Å². The van der Waals surface area contributed by atoms with Crippen molar-refractivity contribution in [2.24, 2.45) is 0 Å². The number of carbonyl (C=O) groups is 1. The van der Waals surface area contributed by atoms with Crippen molar-refractivity contribution in [3.8, 4) is 11.1 Å². The number of nitrogens with one attached hydrogen (secondary N) is 1. The van der Waals surface area contributed by atoms with E-state index in [1.165, 1.54) is 20.2 Å². The summed E-state index contributed by atoms with van der Waals surface area (Å²) in [6.07, 6.45) is 1.51. The molecule has 0 radical (unpaired) electrons. The zero-order chi connectivity index (χ0) is 30.3. The Bertz CT molecular complexity index is 1870. The number of carbonyl (C=O) groups excluding carboxylic acids is 1. The highest BCUT2D eigenvalue weighted by Gasteiger charge is 2.51. The van der Waals surface area contributed by atoms with Gasteiger partial charge >= 0.3 is 13.2 Å². The lowest BCUT2D eigenvalue weighted by Crippen LogP contribution is -2.41. The molecule has 1 N–H and O–H groups in total. The van der Waals surface area contributed by atoms with Crippen LogP contribution >= 0.6 is 11.3 Å². The number of likely N-dealkylation sites (tertiary alicyclic amines) is 1. The number of ether oxygens (including phenoxy) is 1. The van der Waals surface area contributed by atoms with Crippen LogP contribution in [0.4, 0.5) is 4.79 Å². The monoisotopic (exact) mass is 595 g/mol.